The molecular weight excluding hydrogens is 188 g/mol. The summed E-state index contributed by atoms with van der Waals surface area (Å²) in [4.78, 5) is 0. The fraction of sp³-hybridized carbons (Fsp3) is 0.692. The summed E-state index contributed by atoms with van der Waals surface area (Å²) in [7, 11) is 0. The fourth-order valence-electron chi connectivity index (χ4n) is 3.93. The molecule has 82 valence electrons. The Morgan fingerprint density at radius 3 is 3.00 bits per heavy atom. The summed E-state index contributed by atoms with van der Waals surface area (Å²) in [6.07, 6.45) is 4.88. The highest BCUT2D eigenvalue weighted by atomic mass is 16.6. The lowest BCUT2D eigenvalue weighted by Crippen LogP contribution is -2.31. The van der Waals surface area contributed by atoms with E-state index >= 15 is 0 Å². The van der Waals surface area contributed by atoms with Gasteiger partial charge in [0.2, 0.25) is 0 Å². The van der Waals surface area contributed by atoms with Crippen LogP contribution in [0, 0.1) is 23.7 Å². The monoisotopic (exact) mass is 206 g/mol. The lowest BCUT2D eigenvalue weighted by molar-refractivity contribution is -0.115. The number of rotatable bonds is 1. The maximum Gasteiger partial charge on any atom is 0.158 e. The van der Waals surface area contributed by atoms with Crippen molar-refractivity contribution < 1.29 is 9.84 Å². The van der Waals surface area contributed by atoms with Crippen molar-refractivity contribution in [2.45, 2.75) is 31.7 Å². The van der Waals surface area contributed by atoms with Crippen molar-refractivity contribution in [2.75, 3.05) is 0 Å². The number of ether oxygens (including phenoxy) is 1. The topological polar surface area (TPSA) is 29.5 Å². The van der Waals surface area contributed by atoms with Crippen LogP contribution < -0.4 is 0 Å². The zero-order valence-electron chi connectivity index (χ0n) is 8.93. The Bertz CT molecular complexity index is 310. The Kier molecular flexibility index (Phi) is 2.05. The van der Waals surface area contributed by atoms with Gasteiger partial charge < -0.3 is 9.84 Å². The van der Waals surface area contributed by atoms with Gasteiger partial charge in [0.05, 0.1) is 6.10 Å². The molecule has 1 aliphatic heterocycles. The molecule has 2 nitrogen and oxygen atoms in total. The Balaban J connectivity index is 1.96. The first-order chi connectivity index (χ1) is 7.22. The summed E-state index contributed by atoms with van der Waals surface area (Å²) in [6.45, 7) is 8.10. The number of aliphatic hydroxyl groups is 1. The van der Waals surface area contributed by atoms with Crippen LogP contribution in [0.3, 0.4) is 0 Å². The minimum absolute atomic E-state index is 0.269. The third-order valence-electron chi connectivity index (χ3n) is 4.55. The van der Waals surface area contributed by atoms with Gasteiger partial charge in [0.25, 0.3) is 0 Å². The maximum absolute atomic E-state index is 9.86. The molecule has 3 aliphatic rings. The second-order valence-corrected chi connectivity index (χ2v) is 5.16. The Morgan fingerprint density at radius 2 is 2.27 bits per heavy atom. The minimum Gasteiger partial charge on any atom is -0.368 e. The first kappa shape index (κ1) is 9.61. The minimum atomic E-state index is -0.543. The average molecular weight is 206 g/mol. The van der Waals surface area contributed by atoms with Crippen molar-refractivity contribution >= 4 is 0 Å². The van der Waals surface area contributed by atoms with E-state index < -0.39 is 6.29 Å². The molecule has 0 aromatic carbocycles. The Labute approximate surface area is 90.6 Å². The lowest BCUT2D eigenvalue weighted by atomic mass is 9.72. The Hall–Kier alpha value is -0.600. The van der Waals surface area contributed by atoms with E-state index in [0.29, 0.717) is 23.7 Å². The van der Waals surface area contributed by atoms with E-state index in [1.54, 1.807) is 0 Å². The smallest absolute Gasteiger partial charge is 0.158 e. The van der Waals surface area contributed by atoms with Gasteiger partial charge in [-0.2, -0.15) is 0 Å². The van der Waals surface area contributed by atoms with Crippen molar-refractivity contribution in [2.24, 2.45) is 23.7 Å². The van der Waals surface area contributed by atoms with Gasteiger partial charge in [-0.15, -0.1) is 6.58 Å². The maximum atomic E-state index is 9.86. The van der Waals surface area contributed by atoms with Crippen LogP contribution in [0.25, 0.3) is 0 Å². The zero-order valence-corrected chi connectivity index (χ0v) is 8.93. The summed E-state index contributed by atoms with van der Waals surface area (Å²) in [5.74, 6) is 1.85. The molecule has 3 fully saturated rings. The number of hydrogen-bond acceptors (Lipinski definition) is 2. The molecule has 1 unspecified atom stereocenters. The van der Waals surface area contributed by atoms with Gasteiger partial charge in [-0.05, 0) is 37.0 Å². The van der Waals surface area contributed by atoms with Crippen LogP contribution in [0.5, 0.6) is 0 Å². The standard InChI is InChI=1S/C13H18O2/c1-3-8-6-9-12-10(15-13(9)14)5-4-7(2)11(8)12/h3,8-14H,1-2,4-6H2/t8-,9-,10+,11+,12+,13?/m0/s1. The third-order valence-corrected chi connectivity index (χ3v) is 4.55. The highest BCUT2D eigenvalue weighted by Crippen LogP contribution is 2.57. The van der Waals surface area contributed by atoms with Gasteiger partial charge >= 0.3 is 0 Å². The lowest BCUT2D eigenvalue weighted by Gasteiger charge is -2.33. The number of hydrogen-bond donors (Lipinski definition) is 1. The molecular formula is C13H18O2. The molecule has 2 saturated carbocycles. The number of aliphatic hydroxyl groups excluding tert-OH is 1. The van der Waals surface area contributed by atoms with Gasteiger partial charge in [0.1, 0.15) is 0 Å². The normalized spacial score (nSPS) is 53.0. The van der Waals surface area contributed by atoms with Gasteiger partial charge in [-0.25, -0.2) is 0 Å². The van der Waals surface area contributed by atoms with Crippen LogP contribution in [-0.4, -0.2) is 17.5 Å². The molecule has 1 saturated heterocycles. The Morgan fingerprint density at radius 1 is 1.47 bits per heavy atom. The molecule has 0 aromatic rings. The molecule has 2 heteroatoms. The van der Waals surface area contributed by atoms with Crippen molar-refractivity contribution in [3.8, 4) is 0 Å². The molecule has 0 aromatic heterocycles. The largest absolute Gasteiger partial charge is 0.368 e. The summed E-state index contributed by atoms with van der Waals surface area (Å²) in [6, 6.07) is 0. The first-order valence-electron chi connectivity index (χ1n) is 5.86. The number of allylic oxidation sites excluding steroid dienone is 2. The second-order valence-electron chi connectivity index (χ2n) is 5.16. The van der Waals surface area contributed by atoms with E-state index in [9.17, 15) is 5.11 Å². The second kappa shape index (κ2) is 3.19. The summed E-state index contributed by atoms with van der Waals surface area (Å²) in [5, 5.41) is 9.86. The highest BCUT2D eigenvalue weighted by Gasteiger charge is 2.56. The molecule has 1 heterocycles. The molecule has 0 radical (unpaired) electrons. The van der Waals surface area contributed by atoms with Crippen LogP contribution in [0.15, 0.2) is 24.8 Å². The van der Waals surface area contributed by atoms with Crippen LogP contribution in [-0.2, 0) is 4.74 Å². The van der Waals surface area contributed by atoms with Crippen LogP contribution in [0.4, 0.5) is 0 Å². The van der Waals surface area contributed by atoms with E-state index in [-0.39, 0.29) is 6.10 Å². The predicted octanol–water partition coefficient (Wildman–Crippen LogP) is 2.11. The van der Waals surface area contributed by atoms with Crippen molar-refractivity contribution in [1.29, 1.82) is 0 Å². The molecule has 15 heavy (non-hydrogen) atoms. The van der Waals surface area contributed by atoms with Crippen molar-refractivity contribution in [1.82, 2.24) is 0 Å². The molecule has 6 atom stereocenters. The zero-order chi connectivity index (χ0) is 10.6. The van der Waals surface area contributed by atoms with Crippen LogP contribution in [0.2, 0.25) is 0 Å². The molecule has 0 bridgehead atoms. The quantitative estimate of drug-likeness (QED) is 0.666. The predicted molar refractivity (Wildman–Crippen MR) is 58.0 cm³/mol. The van der Waals surface area contributed by atoms with E-state index in [1.807, 2.05) is 6.08 Å². The van der Waals surface area contributed by atoms with Crippen LogP contribution >= 0.6 is 0 Å². The van der Waals surface area contributed by atoms with Crippen molar-refractivity contribution in [3.05, 3.63) is 24.8 Å². The van der Waals surface area contributed by atoms with E-state index in [0.717, 1.165) is 19.3 Å². The molecule has 1 N–H and O–H groups in total. The molecule has 0 spiro atoms. The first-order valence-corrected chi connectivity index (χ1v) is 5.86. The van der Waals surface area contributed by atoms with E-state index in [2.05, 4.69) is 13.2 Å². The van der Waals surface area contributed by atoms with Crippen LogP contribution in [0.1, 0.15) is 19.3 Å². The van der Waals surface area contributed by atoms with E-state index in [1.165, 1.54) is 5.57 Å². The summed E-state index contributed by atoms with van der Waals surface area (Å²) >= 11 is 0. The van der Waals surface area contributed by atoms with Gasteiger partial charge in [0.15, 0.2) is 6.29 Å². The highest BCUT2D eigenvalue weighted by molar-refractivity contribution is 5.19. The van der Waals surface area contributed by atoms with Crippen molar-refractivity contribution in [3.63, 3.8) is 0 Å². The molecule has 3 rings (SSSR count). The van der Waals surface area contributed by atoms with Gasteiger partial charge in [0, 0.05) is 5.92 Å². The van der Waals surface area contributed by atoms with Gasteiger partial charge in [-0.3, -0.25) is 0 Å². The molecule has 0 amide bonds. The summed E-state index contributed by atoms with van der Waals surface area (Å²) in [5.41, 5.74) is 1.35. The SMILES string of the molecule is C=C[C@H]1C[C@@H]2C(O)O[C@@H]3CCC(=C)[C@H]1[C@H]23. The van der Waals surface area contributed by atoms with Gasteiger partial charge in [-0.1, -0.05) is 18.2 Å². The summed E-state index contributed by atoms with van der Waals surface area (Å²) < 4.78 is 5.62. The fourth-order valence-corrected chi connectivity index (χ4v) is 3.93. The average Bonchev–Trinajstić information content (AvgIpc) is 2.74. The third kappa shape index (κ3) is 1.18. The molecule has 2 aliphatic carbocycles. The van der Waals surface area contributed by atoms with E-state index in [4.69, 9.17) is 4.74 Å².